The molecule has 1 saturated carbocycles. The highest BCUT2D eigenvalue weighted by molar-refractivity contribution is 6.06. The number of fused-ring (bicyclic) bond motifs is 2. The van der Waals surface area contributed by atoms with E-state index in [-0.39, 0.29) is 11.9 Å². The third kappa shape index (κ3) is 2.50. The topological polar surface area (TPSA) is 32.7 Å². The van der Waals surface area contributed by atoms with Crippen molar-refractivity contribution in [3.05, 3.63) is 70.3 Å². The van der Waals surface area contributed by atoms with Gasteiger partial charge in [-0.25, -0.2) is 0 Å². The Morgan fingerprint density at radius 3 is 2.64 bits per heavy atom. The zero-order valence-corrected chi connectivity index (χ0v) is 14.5. The predicted molar refractivity (Wildman–Crippen MR) is 98.5 cm³/mol. The number of hydrogen-bond acceptors (Lipinski definition) is 2. The molecule has 0 saturated heterocycles. The number of amides is 1. The third-order valence-corrected chi connectivity index (χ3v) is 5.84. The molecule has 2 aromatic rings. The van der Waals surface area contributed by atoms with Crippen LogP contribution in [0.15, 0.2) is 47.5 Å². The number of benzene rings is 2. The van der Waals surface area contributed by atoms with Gasteiger partial charge in [-0.3, -0.25) is 9.79 Å². The lowest BCUT2D eigenvalue weighted by atomic mass is 9.90. The second-order valence-electron chi connectivity index (χ2n) is 7.54. The molecule has 2 heterocycles. The molecular weight excluding hydrogens is 308 g/mol. The van der Waals surface area contributed by atoms with E-state index in [1.807, 2.05) is 23.1 Å². The number of carbonyl (C=O) groups excluding carboxylic acids is 1. The molecule has 5 rings (SSSR count). The number of nitrogens with zero attached hydrogens (tertiary/aromatic N) is 2. The predicted octanol–water partition coefficient (Wildman–Crippen LogP) is 4.05. The van der Waals surface area contributed by atoms with Crippen molar-refractivity contribution in [3.63, 3.8) is 0 Å². The highest BCUT2D eigenvalue weighted by Gasteiger charge is 2.34. The molecule has 1 aliphatic carbocycles. The van der Waals surface area contributed by atoms with Gasteiger partial charge in [-0.15, -0.1) is 0 Å². The Morgan fingerprint density at radius 1 is 1.08 bits per heavy atom. The Balaban J connectivity index is 1.48. The summed E-state index contributed by atoms with van der Waals surface area (Å²) in [6, 6.07) is 15.0. The molecule has 0 unspecified atom stereocenters. The molecule has 1 fully saturated rings. The summed E-state index contributed by atoms with van der Waals surface area (Å²) in [5.41, 5.74) is 7.68. The van der Waals surface area contributed by atoms with Crippen LogP contribution in [0.4, 0.5) is 0 Å². The number of aliphatic imine (C=N–C) groups is 1. The second-order valence-corrected chi connectivity index (χ2v) is 7.54. The van der Waals surface area contributed by atoms with E-state index in [1.165, 1.54) is 46.4 Å². The van der Waals surface area contributed by atoms with Gasteiger partial charge in [0.2, 0.25) is 5.91 Å². The highest BCUT2D eigenvalue weighted by Crippen LogP contribution is 2.39. The number of hydrogen-bond donors (Lipinski definition) is 0. The second kappa shape index (κ2) is 5.55. The molecule has 1 atom stereocenters. The maximum atomic E-state index is 12.8. The van der Waals surface area contributed by atoms with Crippen molar-refractivity contribution >= 4 is 11.6 Å². The summed E-state index contributed by atoms with van der Waals surface area (Å²) in [4.78, 5) is 19.5. The van der Waals surface area contributed by atoms with E-state index < -0.39 is 0 Å². The standard InChI is InChI=1S/C22H22N2O/c1-14(15-5-3-2-4-6-15)24-13-19-10-20-18(9-17(19)11-21(24)25)12-23-22(20)16-7-8-16/h2-6,9-10,14,16H,7-8,11-13H2,1H3/t14-/m1/s1. The molecule has 0 bridgehead atoms. The van der Waals surface area contributed by atoms with E-state index in [4.69, 9.17) is 4.99 Å². The van der Waals surface area contributed by atoms with Crippen LogP contribution in [0.2, 0.25) is 0 Å². The van der Waals surface area contributed by atoms with E-state index in [9.17, 15) is 4.79 Å². The van der Waals surface area contributed by atoms with Gasteiger partial charge in [0, 0.05) is 23.7 Å². The molecular formula is C22H22N2O. The lowest BCUT2D eigenvalue weighted by molar-refractivity contribution is -0.134. The van der Waals surface area contributed by atoms with E-state index in [1.54, 1.807) is 0 Å². The van der Waals surface area contributed by atoms with Gasteiger partial charge < -0.3 is 4.90 Å². The van der Waals surface area contributed by atoms with Crippen molar-refractivity contribution in [2.45, 2.75) is 45.3 Å². The van der Waals surface area contributed by atoms with Gasteiger partial charge in [-0.1, -0.05) is 36.4 Å². The summed E-state index contributed by atoms with van der Waals surface area (Å²) in [5.74, 6) is 0.911. The van der Waals surface area contributed by atoms with Gasteiger partial charge in [0.05, 0.1) is 19.0 Å². The molecule has 126 valence electrons. The summed E-state index contributed by atoms with van der Waals surface area (Å²) >= 11 is 0. The fourth-order valence-corrected chi connectivity index (χ4v) is 4.18. The third-order valence-electron chi connectivity index (χ3n) is 5.84. The smallest absolute Gasteiger partial charge is 0.227 e. The van der Waals surface area contributed by atoms with Crippen molar-refractivity contribution in [2.75, 3.05) is 0 Å². The largest absolute Gasteiger partial charge is 0.331 e. The fourth-order valence-electron chi connectivity index (χ4n) is 4.18. The summed E-state index contributed by atoms with van der Waals surface area (Å²) in [6.07, 6.45) is 3.08. The average molecular weight is 330 g/mol. The first-order valence-electron chi connectivity index (χ1n) is 9.24. The van der Waals surface area contributed by atoms with Crippen molar-refractivity contribution in [3.8, 4) is 0 Å². The first-order chi connectivity index (χ1) is 12.2. The molecule has 2 aromatic carbocycles. The monoisotopic (exact) mass is 330 g/mol. The summed E-state index contributed by atoms with van der Waals surface area (Å²) in [5, 5.41) is 0. The molecule has 0 N–H and O–H groups in total. The molecule has 25 heavy (non-hydrogen) atoms. The van der Waals surface area contributed by atoms with Gasteiger partial charge in [0.1, 0.15) is 0 Å². The van der Waals surface area contributed by atoms with Crippen LogP contribution in [-0.4, -0.2) is 16.5 Å². The minimum atomic E-state index is 0.103. The van der Waals surface area contributed by atoms with Crippen LogP contribution in [0.1, 0.15) is 53.6 Å². The van der Waals surface area contributed by atoms with Crippen LogP contribution >= 0.6 is 0 Å². The SMILES string of the molecule is C[C@H](c1ccccc1)N1Cc2cc3c(cc2CC1=O)CN=C3C1CC1. The van der Waals surface area contributed by atoms with Crippen molar-refractivity contribution in [1.29, 1.82) is 0 Å². The minimum absolute atomic E-state index is 0.103. The highest BCUT2D eigenvalue weighted by atomic mass is 16.2. The first-order valence-corrected chi connectivity index (χ1v) is 9.24. The average Bonchev–Trinajstić information content (AvgIpc) is 3.40. The minimum Gasteiger partial charge on any atom is -0.331 e. The van der Waals surface area contributed by atoms with Crippen LogP contribution in [-0.2, 0) is 24.3 Å². The maximum absolute atomic E-state index is 12.8. The Morgan fingerprint density at radius 2 is 1.88 bits per heavy atom. The maximum Gasteiger partial charge on any atom is 0.227 e. The van der Waals surface area contributed by atoms with Gasteiger partial charge in [0.15, 0.2) is 0 Å². The fraction of sp³-hybridized carbons (Fsp3) is 0.364. The van der Waals surface area contributed by atoms with Crippen LogP contribution < -0.4 is 0 Å². The van der Waals surface area contributed by atoms with E-state index in [0.29, 0.717) is 18.9 Å². The lowest BCUT2D eigenvalue weighted by Crippen LogP contribution is -2.38. The van der Waals surface area contributed by atoms with Gasteiger partial charge >= 0.3 is 0 Å². The first kappa shape index (κ1) is 14.9. The molecule has 0 radical (unpaired) electrons. The summed E-state index contributed by atoms with van der Waals surface area (Å²) < 4.78 is 0. The summed E-state index contributed by atoms with van der Waals surface area (Å²) in [7, 11) is 0. The Labute approximate surface area is 148 Å². The number of carbonyl (C=O) groups is 1. The zero-order valence-electron chi connectivity index (χ0n) is 14.5. The molecule has 2 aliphatic heterocycles. The normalized spacial score (nSPS) is 20.1. The van der Waals surface area contributed by atoms with Crippen LogP contribution in [0.3, 0.4) is 0 Å². The van der Waals surface area contributed by atoms with Crippen molar-refractivity contribution < 1.29 is 4.79 Å². The molecule has 3 heteroatoms. The lowest BCUT2D eigenvalue weighted by Gasteiger charge is -2.34. The number of rotatable bonds is 3. The Kier molecular flexibility index (Phi) is 3.30. The molecule has 0 aromatic heterocycles. The van der Waals surface area contributed by atoms with Crippen LogP contribution in [0, 0.1) is 5.92 Å². The van der Waals surface area contributed by atoms with Crippen molar-refractivity contribution in [2.24, 2.45) is 10.9 Å². The van der Waals surface area contributed by atoms with Gasteiger partial charge in [0.25, 0.3) is 0 Å². The Bertz CT molecular complexity index is 880. The van der Waals surface area contributed by atoms with E-state index in [0.717, 1.165) is 6.54 Å². The molecule has 1 amide bonds. The van der Waals surface area contributed by atoms with Crippen LogP contribution in [0.25, 0.3) is 0 Å². The van der Waals surface area contributed by atoms with Gasteiger partial charge in [-0.2, -0.15) is 0 Å². The molecule has 3 aliphatic rings. The summed E-state index contributed by atoms with van der Waals surface area (Å²) in [6.45, 7) is 3.63. The van der Waals surface area contributed by atoms with Crippen molar-refractivity contribution in [1.82, 2.24) is 4.90 Å². The van der Waals surface area contributed by atoms with Gasteiger partial charge in [-0.05, 0) is 48.1 Å². The quantitative estimate of drug-likeness (QED) is 0.836. The Hall–Kier alpha value is -2.42. The molecule has 3 nitrogen and oxygen atoms in total. The zero-order chi connectivity index (χ0) is 17.0. The van der Waals surface area contributed by atoms with Crippen LogP contribution in [0.5, 0.6) is 0 Å². The van der Waals surface area contributed by atoms with E-state index in [2.05, 4.69) is 31.2 Å². The van der Waals surface area contributed by atoms with E-state index >= 15 is 0 Å². The molecule has 0 spiro atoms.